The third-order valence-electron chi connectivity index (χ3n) is 4.46. The van der Waals surface area contributed by atoms with Crippen LogP contribution in [0.3, 0.4) is 0 Å². The highest BCUT2D eigenvalue weighted by Gasteiger charge is 2.37. The number of carbonyl (C=O) groups is 1. The number of amides is 1. The quantitative estimate of drug-likeness (QED) is 0.710. The molecule has 1 atom stereocenters. The van der Waals surface area contributed by atoms with Crippen molar-refractivity contribution in [2.75, 3.05) is 16.7 Å². The Hall–Kier alpha value is -2.43. The molecule has 3 rings (SSSR count). The zero-order valence-electron chi connectivity index (χ0n) is 16.0. The molecule has 2 aromatic carbocycles. The van der Waals surface area contributed by atoms with Crippen LogP contribution in [0.25, 0.3) is 0 Å². The second-order valence-corrected chi connectivity index (χ2v) is 10.2. The molecule has 10 heteroatoms. The van der Waals surface area contributed by atoms with Gasteiger partial charge in [0.1, 0.15) is 10.6 Å². The van der Waals surface area contributed by atoms with Gasteiger partial charge < -0.3 is 4.74 Å². The summed E-state index contributed by atoms with van der Waals surface area (Å²) >= 11 is 0. The lowest BCUT2D eigenvalue weighted by Crippen LogP contribution is -2.30. The normalized spacial score (nSPS) is 17.3. The van der Waals surface area contributed by atoms with E-state index in [9.17, 15) is 21.6 Å². The van der Waals surface area contributed by atoms with Crippen LogP contribution < -0.4 is 13.8 Å². The molecule has 0 aliphatic carbocycles. The molecule has 1 amide bonds. The Morgan fingerprint density at radius 3 is 2.45 bits per heavy atom. The van der Waals surface area contributed by atoms with Crippen LogP contribution >= 0.6 is 0 Å². The van der Waals surface area contributed by atoms with Gasteiger partial charge in [-0.15, -0.1) is 0 Å². The number of sulfonamides is 2. The van der Waals surface area contributed by atoms with Gasteiger partial charge >= 0.3 is 0 Å². The second-order valence-electron chi connectivity index (χ2n) is 6.54. The summed E-state index contributed by atoms with van der Waals surface area (Å²) in [5.41, 5.74) is 0.742. The van der Waals surface area contributed by atoms with E-state index < -0.39 is 32.0 Å². The number of nitrogens with one attached hydrogen (secondary N) is 1. The molecular weight excluding hydrogens is 416 g/mol. The number of benzene rings is 2. The summed E-state index contributed by atoms with van der Waals surface area (Å²) in [6.07, 6.45) is -0.138. The molecule has 156 valence electrons. The summed E-state index contributed by atoms with van der Waals surface area (Å²) in [6.45, 7) is 3.63. The second kappa shape index (κ2) is 8.13. The fraction of sp³-hybridized carbons (Fsp3) is 0.316. The fourth-order valence-corrected chi connectivity index (χ4v) is 5.93. The van der Waals surface area contributed by atoms with Crippen LogP contribution in [0.2, 0.25) is 0 Å². The number of rotatable bonds is 7. The van der Waals surface area contributed by atoms with Gasteiger partial charge in [-0.1, -0.05) is 30.3 Å². The van der Waals surface area contributed by atoms with Crippen LogP contribution in [-0.2, 0) is 24.8 Å². The molecule has 1 aliphatic rings. The van der Waals surface area contributed by atoms with Crippen molar-refractivity contribution in [3.8, 4) is 5.75 Å². The first-order chi connectivity index (χ1) is 13.7. The van der Waals surface area contributed by atoms with Crippen molar-refractivity contribution in [2.45, 2.75) is 31.2 Å². The molecule has 1 aliphatic heterocycles. The minimum atomic E-state index is -4.08. The van der Waals surface area contributed by atoms with Gasteiger partial charge in [0.25, 0.3) is 0 Å². The Morgan fingerprint density at radius 1 is 1.17 bits per heavy atom. The van der Waals surface area contributed by atoms with Gasteiger partial charge in [0, 0.05) is 12.5 Å². The first kappa shape index (κ1) is 21.3. The predicted octanol–water partition coefficient (Wildman–Crippen LogP) is 2.19. The highest BCUT2D eigenvalue weighted by atomic mass is 32.2. The van der Waals surface area contributed by atoms with Gasteiger partial charge in [-0.05, 0) is 37.6 Å². The summed E-state index contributed by atoms with van der Waals surface area (Å²) in [6, 6.07) is 12.4. The zero-order valence-corrected chi connectivity index (χ0v) is 17.7. The summed E-state index contributed by atoms with van der Waals surface area (Å²) < 4.78 is 59.3. The topological polar surface area (TPSA) is 110 Å². The minimum absolute atomic E-state index is 0.0244. The van der Waals surface area contributed by atoms with Crippen LogP contribution in [0.15, 0.2) is 53.4 Å². The van der Waals surface area contributed by atoms with Crippen LogP contribution in [0.4, 0.5) is 5.69 Å². The van der Waals surface area contributed by atoms with E-state index in [1.54, 1.807) is 38.1 Å². The lowest BCUT2D eigenvalue weighted by Gasteiger charge is -2.20. The van der Waals surface area contributed by atoms with E-state index in [0.29, 0.717) is 4.31 Å². The number of hydrogen-bond donors (Lipinski definition) is 1. The van der Waals surface area contributed by atoms with Crippen LogP contribution in [-0.4, -0.2) is 35.1 Å². The average molecular weight is 439 g/mol. The molecule has 8 nitrogen and oxygen atoms in total. The molecule has 0 spiro atoms. The Kier molecular flexibility index (Phi) is 5.97. The molecule has 0 radical (unpaired) electrons. The van der Waals surface area contributed by atoms with Crippen molar-refractivity contribution in [1.29, 1.82) is 0 Å². The fourth-order valence-electron chi connectivity index (χ4n) is 3.08. The molecule has 1 saturated heterocycles. The van der Waals surface area contributed by atoms with Crippen molar-refractivity contribution in [3.63, 3.8) is 0 Å². The molecule has 0 saturated carbocycles. The minimum Gasteiger partial charge on any atom is -0.492 e. The van der Waals surface area contributed by atoms with E-state index in [1.165, 1.54) is 12.1 Å². The van der Waals surface area contributed by atoms with Crippen molar-refractivity contribution in [2.24, 2.45) is 0 Å². The van der Waals surface area contributed by atoms with E-state index in [2.05, 4.69) is 4.72 Å². The number of hydrogen-bond acceptors (Lipinski definition) is 6. The zero-order chi connectivity index (χ0) is 21.2. The average Bonchev–Trinajstić information content (AvgIpc) is 2.95. The summed E-state index contributed by atoms with van der Waals surface area (Å²) in [5.74, 6) is -0.819. The number of nitrogens with zero attached hydrogens (tertiary/aromatic N) is 1. The first-order valence-electron chi connectivity index (χ1n) is 9.05. The van der Waals surface area contributed by atoms with Crippen molar-refractivity contribution < 1.29 is 26.4 Å². The highest BCUT2D eigenvalue weighted by Crippen LogP contribution is 2.33. The largest absolute Gasteiger partial charge is 0.492 e. The Bertz CT molecular complexity index is 1110. The van der Waals surface area contributed by atoms with Crippen LogP contribution in [0.5, 0.6) is 5.75 Å². The maximum Gasteiger partial charge on any atom is 0.244 e. The van der Waals surface area contributed by atoms with Crippen molar-refractivity contribution >= 4 is 31.6 Å². The molecule has 1 fully saturated rings. The number of ether oxygens (including phenoxy) is 1. The Labute approximate surface area is 170 Å². The molecule has 0 bridgehead atoms. The number of anilines is 1. The van der Waals surface area contributed by atoms with Crippen LogP contribution in [0.1, 0.15) is 31.9 Å². The molecule has 29 heavy (non-hydrogen) atoms. The van der Waals surface area contributed by atoms with E-state index in [0.717, 1.165) is 11.6 Å². The van der Waals surface area contributed by atoms with Gasteiger partial charge in [-0.3, -0.25) is 4.79 Å². The SMILES string of the molecule is CCOc1ccc(N2C(=O)CCS2(=O)=O)cc1S(=O)(=O)N[C@@H](C)c1ccccc1. The van der Waals surface area contributed by atoms with E-state index in [1.807, 2.05) is 6.07 Å². The van der Waals surface area contributed by atoms with E-state index >= 15 is 0 Å². The third-order valence-corrected chi connectivity index (χ3v) is 7.71. The summed E-state index contributed by atoms with van der Waals surface area (Å²) in [4.78, 5) is 11.8. The predicted molar refractivity (Wildman–Crippen MR) is 109 cm³/mol. The maximum absolute atomic E-state index is 13.1. The van der Waals surface area contributed by atoms with Crippen molar-refractivity contribution in [1.82, 2.24) is 4.72 Å². The molecule has 1 heterocycles. The highest BCUT2D eigenvalue weighted by molar-refractivity contribution is 7.94. The van der Waals surface area contributed by atoms with Crippen molar-refractivity contribution in [3.05, 3.63) is 54.1 Å². The standard InChI is InChI=1S/C19H22N2O6S2/c1-3-27-17-10-9-16(21-19(22)11-12-28(21,23)24)13-18(17)29(25,26)20-14(2)15-7-5-4-6-8-15/h4-10,13-14,20H,3,11-12H2,1-2H3/t14-/m0/s1. The molecule has 2 aromatic rings. The third kappa shape index (κ3) is 4.44. The van der Waals surface area contributed by atoms with E-state index in [-0.39, 0.29) is 35.1 Å². The molecule has 1 N–H and O–H groups in total. The molecule has 0 aromatic heterocycles. The molecular formula is C19H22N2O6S2. The van der Waals surface area contributed by atoms with Gasteiger partial charge in [0.2, 0.25) is 26.0 Å². The lowest BCUT2D eigenvalue weighted by atomic mass is 10.1. The van der Waals surface area contributed by atoms with Gasteiger partial charge in [0.05, 0.1) is 18.0 Å². The van der Waals surface area contributed by atoms with Gasteiger partial charge in [-0.25, -0.2) is 25.9 Å². The Balaban J connectivity index is 2.03. The maximum atomic E-state index is 13.1. The van der Waals surface area contributed by atoms with Crippen LogP contribution in [0, 0.1) is 0 Å². The monoisotopic (exact) mass is 438 g/mol. The molecule has 0 unspecified atom stereocenters. The summed E-state index contributed by atoms with van der Waals surface area (Å²) in [7, 11) is -7.89. The van der Waals surface area contributed by atoms with Gasteiger partial charge in [-0.2, -0.15) is 0 Å². The smallest absolute Gasteiger partial charge is 0.244 e. The lowest BCUT2D eigenvalue weighted by molar-refractivity contribution is -0.116. The van der Waals surface area contributed by atoms with Gasteiger partial charge in [0.15, 0.2) is 0 Å². The Morgan fingerprint density at radius 2 is 1.86 bits per heavy atom. The van der Waals surface area contributed by atoms with E-state index in [4.69, 9.17) is 4.74 Å². The summed E-state index contributed by atoms with van der Waals surface area (Å²) in [5, 5.41) is 0. The number of carbonyl (C=O) groups excluding carboxylic acids is 1. The first-order valence-corrected chi connectivity index (χ1v) is 12.1.